The Morgan fingerprint density at radius 2 is 1.85 bits per heavy atom. The predicted octanol–water partition coefficient (Wildman–Crippen LogP) is 2.50. The van der Waals surface area contributed by atoms with Gasteiger partial charge in [-0.2, -0.15) is 0 Å². The van der Waals surface area contributed by atoms with Gasteiger partial charge in [0, 0.05) is 0 Å². The zero-order chi connectivity index (χ0) is 15.3. The highest BCUT2D eigenvalue weighted by Gasteiger charge is 2.28. The number of carbonyl (C=O) groups excluding carboxylic acids is 1. The molecule has 0 aromatic heterocycles. The molecule has 20 heavy (non-hydrogen) atoms. The molecule has 0 radical (unpaired) electrons. The fourth-order valence-corrected chi connectivity index (χ4v) is 1.72. The normalized spacial score (nSPS) is 14.2. The zero-order valence-electron chi connectivity index (χ0n) is 11.7. The maximum absolute atomic E-state index is 11.8. The molecule has 0 saturated carbocycles. The van der Waals surface area contributed by atoms with E-state index in [0.29, 0.717) is 5.56 Å². The van der Waals surface area contributed by atoms with Crippen molar-refractivity contribution in [3.8, 4) is 0 Å². The Labute approximate surface area is 123 Å². The highest BCUT2D eigenvalue weighted by molar-refractivity contribution is 7.80. The fourth-order valence-electron chi connectivity index (χ4n) is 1.58. The number of aliphatic hydroxyl groups is 2. The van der Waals surface area contributed by atoms with Crippen LogP contribution in [-0.2, 0) is 4.74 Å². The van der Waals surface area contributed by atoms with Gasteiger partial charge in [0.15, 0.2) is 5.05 Å². The van der Waals surface area contributed by atoms with E-state index in [1.807, 2.05) is 0 Å². The van der Waals surface area contributed by atoms with Crippen molar-refractivity contribution in [1.29, 1.82) is 0 Å². The van der Waals surface area contributed by atoms with Gasteiger partial charge in [-0.3, -0.25) is 0 Å². The second-order valence-corrected chi connectivity index (χ2v) is 5.74. The molecule has 1 rings (SSSR count). The lowest BCUT2D eigenvalue weighted by atomic mass is 10.0. The monoisotopic (exact) mass is 297 g/mol. The lowest BCUT2D eigenvalue weighted by Gasteiger charge is -2.26. The number of ether oxygens (including phenoxy) is 1. The third-order valence-electron chi connectivity index (χ3n) is 2.40. The first kappa shape index (κ1) is 16.4. The van der Waals surface area contributed by atoms with Gasteiger partial charge < -0.3 is 20.3 Å². The van der Waals surface area contributed by atoms with Crippen molar-refractivity contribution in [3.05, 3.63) is 35.9 Å². The summed E-state index contributed by atoms with van der Waals surface area (Å²) in [5.74, 6) is 0. The lowest BCUT2D eigenvalue weighted by molar-refractivity contribution is 0.0457. The van der Waals surface area contributed by atoms with Crippen molar-refractivity contribution in [2.24, 2.45) is 0 Å². The summed E-state index contributed by atoms with van der Waals surface area (Å²) in [6.45, 7) is 5.20. The van der Waals surface area contributed by atoms with E-state index >= 15 is 0 Å². The Morgan fingerprint density at radius 3 is 2.30 bits per heavy atom. The number of carbonyl (C=O) groups is 1. The highest BCUT2D eigenvalue weighted by Crippen LogP contribution is 2.19. The second-order valence-electron chi connectivity index (χ2n) is 5.32. The first-order valence-electron chi connectivity index (χ1n) is 6.16. The topological polar surface area (TPSA) is 78.8 Å². The Kier molecular flexibility index (Phi) is 5.47. The molecule has 1 aromatic carbocycles. The van der Waals surface area contributed by atoms with Crippen molar-refractivity contribution in [1.82, 2.24) is 5.32 Å². The Bertz CT molecular complexity index is 470. The number of amides is 1. The highest BCUT2D eigenvalue weighted by atomic mass is 32.1. The van der Waals surface area contributed by atoms with Gasteiger partial charge in [-0.05, 0) is 38.6 Å². The van der Waals surface area contributed by atoms with Crippen LogP contribution in [0.15, 0.2) is 30.3 Å². The van der Waals surface area contributed by atoms with Gasteiger partial charge in [0.1, 0.15) is 11.7 Å². The van der Waals surface area contributed by atoms with Gasteiger partial charge in [0.05, 0.1) is 6.04 Å². The van der Waals surface area contributed by atoms with Crippen LogP contribution in [0.5, 0.6) is 0 Å². The standard InChI is InChI=1S/C14H19NO4S/c1-14(2,3)19-13(18)15-10(11(16)12(17)20)9-7-5-4-6-8-9/h4-8,10-11,16H,1-3H3,(H,15,18)(H,17,20)/t10-,11+/m0/s1. The minimum atomic E-state index is -1.39. The molecule has 0 unspecified atom stereocenters. The van der Waals surface area contributed by atoms with E-state index in [-0.39, 0.29) is 0 Å². The largest absolute Gasteiger partial charge is 0.500 e. The van der Waals surface area contributed by atoms with Crippen LogP contribution in [0, 0.1) is 0 Å². The van der Waals surface area contributed by atoms with E-state index in [9.17, 15) is 15.0 Å². The molecule has 1 amide bonds. The number of alkyl carbamates (subject to hydrolysis) is 1. The first-order chi connectivity index (χ1) is 9.20. The van der Waals surface area contributed by atoms with E-state index < -0.39 is 28.9 Å². The van der Waals surface area contributed by atoms with Crippen molar-refractivity contribution in [3.63, 3.8) is 0 Å². The number of rotatable bonds is 4. The van der Waals surface area contributed by atoms with Crippen LogP contribution in [0.2, 0.25) is 0 Å². The van der Waals surface area contributed by atoms with Crippen molar-refractivity contribution < 1.29 is 19.7 Å². The Balaban J connectivity index is 2.90. The number of aliphatic hydroxyl groups excluding tert-OH is 2. The van der Waals surface area contributed by atoms with Gasteiger partial charge in [-0.15, -0.1) is 0 Å². The average molecular weight is 297 g/mol. The Morgan fingerprint density at radius 1 is 1.30 bits per heavy atom. The summed E-state index contributed by atoms with van der Waals surface area (Å²) in [5.41, 5.74) is -0.0435. The van der Waals surface area contributed by atoms with Gasteiger partial charge in [0.2, 0.25) is 0 Å². The van der Waals surface area contributed by atoms with Crippen LogP contribution in [0.25, 0.3) is 0 Å². The first-order valence-corrected chi connectivity index (χ1v) is 6.57. The molecule has 0 saturated heterocycles. The quantitative estimate of drug-likeness (QED) is 0.744. The molecular weight excluding hydrogens is 278 g/mol. The van der Waals surface area contributed by atoms with Gasteiger partial charge in [-0.25, -0.2) is 4.79 Å². The summed E-state index contributed by atoms with van der Waals surface area (Å²) >= 11 is 4.57. The van der Waals surface area contributed by atoms with E-state index in [1.165, 1.54) is 0 Å². The molecule has 2 atom stereocenters. The molecule has 0 fully saturated rings. The molecule has 0 aliphatic rings. The second kappa shape index (κ2) is 6.67. The minimum absolute atomic E-state index is 0.588. The smallest absolute Gasteiger partial charge is 0.408 e. The summed E-state index contributed by atoms with van der Waals surface area (Å²) in [6, 6.07) is 7.87. The van der Waals surface area contributed by atoms with Crippen LogP contribution in [0.3, 0.4) is 0 Å². The van der Waals surface area contributed by atoms with Gasteiger partial charge in [0.25, 0.3) is 0 Å². The summed E-state index contributed by atoms with van der Waals surface area (Å²) < 4.78 is 5.13. The van der Waals surface area contributed by atoms with Crippen molar-refractivity contribution in [2.75, 3.05) is 0 Å². The number of hydrogen-bond acceptors (Lipinski definition) is 4. The summed E-state index contributed by atoms with van der Waals surface area (Å²) in [6.07, 6.45) is -2.08. The molecule has 5 nitrogen and oxygen atoms in total. The average Bonchev–Trinajstić information content (AvgIpc) is 2.34. The van der Waals surface area contributed by atoms with E-state index in [4.69, 9.17) is 4.74 Å². The van der Waals surface area contributed by atoms with Gasteiger partial charge in [-0.1, -0.05) is 30.3 Å². The fraction of sp³-hybridized carbons (Fsp3) is 0.429. The van der Waals surface area contributed by atoms with Crippen molar-refractivity contribution in [2.45, 2.75) is 38.5 Å². The lowest BCUT2D eigenvalue weighted by Crippen LogP contribution is -2.42. The maximum Gasteiger partial charge on any atom is 0.408 e. The van der Waals surface area contributed by atoms with Crippen LogP contribution in [0.1, 0.15) is 32.4 Å². The van der Waals surface area contributed by atoms with E-state index in [2.05, 4.69) is 17.5 Å². The van der Waals surface area contributed by atoms with E-state index in [0.717, 1.165) is 0 Å². The number of benzene rings is 1. The molecular formula is C14H19NO4S. The minimum Gasteiger partial charge on any atom is -0.500 e. The zero-order valence-corrected chi connectivity index (χ0v) is 12.5. The van der Waals surface area contributed by atoms with Crippen LogP contribution in [-0.4, -0.2) is 33.1 Å². The molecule has 1 aromatic rings. The summed E-state index contributed by atoms with van der Waals surface area (Å²) in [5, 5.41) is 21.1. The van der Waals surface area contributed by atoms with Crippen LogP contribution in [0.4, 0.5) is 4.79 Å². The predicted molar refractivity (Wildman–Crippen MR) is 79.8 cm³/mol. The van der Waals surface area contributed by atoms with Crippen LogP contribution < -0.4 is 5.32 Å². The summed E-state index contributed by atoms with van der Waals surface area (Å²) in [7, 11) is 0. The molecule has 0 aliphatic heterocycles. The molecule has 0 aliphatic carbocycles. The molecule has 0 bridgehead atoms. The van der Waals surface area contributed by atoms with Crippen molar-refractivity contribution >= 4 is 23.4 Å². The molecule has 0 spiro atoms. The third kappa shape index (κ3) is 5.14. The third-order valence-corrected chi connectivity index (χ3v) is 2.64. The molecule has 110 valence electrons. The molecule has 6 heteroatoms. The molecule has 3 N–H and O–H groups in total. The maximum atomic E-state index is 11.8. The number of nitrogens with one attached hydrogen (secondary N) is 1. The van der Waals surface area contributed by atoms with E-state index in [1.54, 1.807) is 51.1 Å². The number of hydrogen-bond donors (Lipinski definition) is 3. The molecule has 0 heterocycles. The Hall–Kier alpha value is -1.66. The van der Waals surface area contributed by atoms with Gasteiger partial charge >= 0.3 is 6.09 Å². The number of thiocarbonyl (C=S) groups is 1. The summed E-state index contributed by atoms with van der Waals surface area (Å²) in [4.78, 5) is 11.8. The SMILES string of the molecule is CC(C)(C)OC(=O)N[C@@H](c1ccccc1)[C@@H](O)C(O)=S. The van der Waals surface area contributed by atoms with Crippen LogP contribution >= 0.6 is 12.2 Å².